The van der Waals surface area contributed by atoms with Crippen molar-refractivity contribution in [1.29, 1.82) is 0 Å². The molecular weight excluding hydrogens is 440 g/mol. The number of methoxy groups -OCH3 is 2. The maximum Gasteiger partial charge on any atom is 0.339 e. The molecule has 0 aliphatic heterocycles. The Kier molecular flexibility index (Phi) is 8.13. The molecule has 0 fully saturated rings. The number of amides is 2. The third-order valence-electron chi connectivity index (χ3n) is 5.30. The van der Waals surface area contributed by atoms with Gasteiger partial charge >= 0.3 is 5.63 Å². The standard InChI is InChI=1S/C25H28N2O7/c1-5-12-33-20-10-6-16(13-22(20)32-4)24(29)27-26-23(28)11-9-19-15(2)18-8-7-17(31-3)14-21(18)34-25(19)30/h6-8,10,13-14H,5,9,11-12H2,1-4H3,(H,26,28)(H,27,29). The van der Waals surface area contributed by atoms with E-state index >= 15 is 0 Å². The molecule has 180 valence electrons. The number of fused-ring (bicyclic) bond motifs is 1. The highest BCUT2D eigenvalue weighted by Gasteiger charge is 2.15. The van der Waals surface area contributed by atoms with Crippen LogP contribution in [0.2, 0.25) is 0 Å². The molecule has 3 aromatic rings. The summed E-state index contributed by atoms with van der Waals surface area (Å²) in [5.74, 6) is 0.580. The number of benzene rings is 2. The van der Waals surface area contributed by atoms with Gasteiger partial charge in [-0.2, -0.15) is 0 Å². The Hall–Kier alpha value is -4.01. The van der Waals surface area contributed by atoms with Crippen LogP contribution in [0.1, 0.15) is 41.3 Å². The van der Waals surface area contributed by atoms with E-state index in [4.69, 9.17) is 18.6 Å². The zero-order valence-corrected chi connectivity index (χ0v) is 19.7. The smallest absolute Gasteiger partial charge is 0.339 e. The molecule has 1 aromatic heterocycles. The van der Waals surface area contributed by atoms with Gasteiger partial charge in [0.1, 0.15) is 11.3 Å². The molecule has 0 unspecified atom stereocenters. The van der Waals surface area contributed by atoms with Gasteiger partial charge in [0, 0.05) is 29.0 Å². The SMILES string of the molecule is CCCOc1ccc(C(=O)NNC(=O)CCc2c(C)c3ccc(OC)cc3oc2=O)cc1OC. The van der Waals surface area contributed by atoms with Crippen molar-refractivity contribution in [3.05, 3.63) is 63.5 Å². The molecule has 0 radical (unpaired) electrons. The topological polar surface area (TPSA) is 116 Å². The monoisotopic (exact) mass is 468 g/mol. The van der Waals surface area contributed by atoms with Gasteiger partial charge in [0.2, 0.25) is 5.91 Å². The van der Waals surface area contributed by atoms with Crippen LogP contribution in [-0.2, 0) is 11.2 Å². The Bertz CT molecular complexity index is 1250. The summed E-state index contributed by atoms with van der Waals surface area (Å²) in [5.41, 5.74) is 6.09. The number of nitrogens with one attached hydrogen (secondary N) is 2. The first-order valence-corrected chi connectivity index (χ1v) is 10.9. The Balaban J connectivity index is 1.61. The molecule has 1 heterocycles. The van der Waals surface area contributed by atoms with Gasteiger partial charge < -0.3 is 18.6 Å². The first-order chi connectivity index (χ1) is 16.4. The fourth-order valence-electron chi connectivity index (χ4n) is 3.43. The quantitative estimate of drug-likeness (QED) is 0.366. The highest BCUT2D eigenvalue weighted by molar-refractivity contribution is 5.96. The summed E-state index contributed by atoms with van der Waals surface area (Å²) in [5, 5.41) is 0.768. The molecule has 0 saturated heterocycles. The van der Waals surface area contributed by atoms with Crippen molar-refractivity contribution < 1.29 is 28.2 Å². The van der Waals surface area contributed by atoms with Gasteiger partial charge in [0.25, 0.3) is 5.91 Å². The Morgan fingerprint density at radius 3 is 2.50 bits per heavy atom. The van der Waals surface area contributed by atoms with Gasteiger partial charge in [-0.1, -0.05) is 6.92 Å². The van der Waals surface area contributed by atoms with Crippen LogP contribution < -0.4 is 30.7 Å². The summed E-state index contributed by atoms with van der Waals surface area (Å²) < 4.78 is 21.4. The number of ether oxygens (including phenoxy) is 3. The molecule has 2 aromatic carbocycles. The van der Waals surface area contributed by atoms with Crippen molar-refractivity contribution in [2.45, 2.75) is 33.1 Å². The third kappa shape index (κ3) is 5.67. The second-order valence-corrected chi connectivity index (χ2v) is 7.57. The third-order valence-corrected chi connectivity index (χ3v) is 5.30. The van der Waals surface area contributed by atoms with E-state index in [0.29, 0.717) is 40.6 Å². The molecular formula is C25H28N2O7. The summed E-state index contributed by atoms with van der Waals surface area (Å²) in [6, 6.07) is 9.98. The van der Waals surface area contributed by atoms with Crippen molar-refractivity contribution in [1.82, 2.24) is 10.9 Å². The van der Waals surface area contributed by atoms with Gasteiger partial charge in [0.05, 0.1) is 20.8 Å². The lowest BCUT2D eigenvalue weighted by Crippen LogP contribution is -2.41. The highest BCUT2D eigenvalue weighted by atomic mass is 16.5. The molecule has 34 heavy (non-hydrogen) atoms. The van der Waals surface area contributed by atoms with Gasteiger partial charge in [-0.05, 0) is 55.7 Å². The van der Waals surface area contributed by atoms with Crippen LogP contribution in [0.15, 0.2) is 45.6 Å². The van der Waals surface area contributed by atoms with E-state index in [-0.39, 0.29) is 12.8 Å². The Labute approximate surface area is 197 Å². The molecule has 9 nitrogen and oxygen atoms in total. The average Bonchev–Trinajstić information content (AvgIpc) is 2.85. The summed E-state index contributed by atoms with van der Waals surface area (Å²) in [7, 11) is 3.02. The summed E-state index contributed by atoms with van der Waals surface area (Å²) >= 11 is 0. The van der Waals surface area contributed by atoms with E-state index in [1.54, 1.807) is 24.3 Å². The van der Waals surface area contributed by atoms with Crippen molar-refractivity contribution >= 4 is 22.8 Å². The zero-order chi connectivity index (χ0) is 24.7. The lowest BCUT2D eigenvalue weighted by molar-refractivity contribution is -0.121. The van der Waals surface area contributed by atoms with Crippen LogP contribution in [0.4, 0.5) is 0 Å². The largest absolute Gasteiger partial charge is 0.497 e. The first kappa shape index (κ1) is 24.6. The molecule has 9 heteroatoms. The maximum absolute atomic E-state index is 12.4. The lowest BCUT2D eigenvalue weighted by Gasteiger charge is -2.12. The van der Waals surface area contributed by atoms with E-state index in [2.05, 4.69) is 10.9 Å². The molecule has 0 atom stereocenters. The molecule has 0 spiro atoms. The Morgan fingerprint density at radius 2 is 1.79 bits per heavy atom. The van der Waals surface area contributed by atoms with Crippen molar-refractivity contribution in [3.8, 4) is 17.2 Å². The summed E-state index contributed by atoms with van der Waals surface area (Å²) in [4.78, 5) is 37.2. The fourth-order valence-corrected chi connectivity index (χ4v) is 3.43. The van der Waals surface area contributed by atoms with E-state index in [1.807, 2.05) is 19.9 Å². The second kappa shape index (κ2) is 11.2. The summed E-state index contributed by atoms with van der Waals surface area (Å²) in [6.45, 7) is 4.32. The molecule has 0 aliphatic carbocycles. The lowest BCUT2D eigenvalue weighted by atomic mass is 10.0. The van der Waals surface area contributed by atoms with E-state index in [1.165, 1.54) is 20.3 Å². The van der Waals surface area contributed by atoms with Crippen LogP contribution >= 0.6 is 0 Å². The summed E-state index contributed by atoms with van der Waals surface area (Å²) in [6.07, 6.45) is 0.989. The van der Waals surface area contributed by atoms with Crippen LogP contribution in [0.5, 0.6) is 17.2 Å². The average molecular weight is 469 g/mol. The minimum atomic E-state index is -0.510. The van der Waals surface area contributed by atoms with Crippen LogP contribution in [0.3, 0.4) is 0 Å². The molecule has 2 amide bonds. The van der Waals surface area contributed by atoms with Crippen LogP contribution in [0.25, 0.3) is 11.0 Å². The number of hydrogen-bond acceptors (Lipinski definition) is 7. The normalized spacial score (nSPS) is 10.6. The van der Waals surface area contributed by atoms with E-state index < -0.39 is 17.4 Å². The zero-order valence-electron chi connectivity index (χ0n) is 19.7. The number of hydrogen-bond donors (Lipinski definition) is 2. The number of hydrazine groups is 1. The van der Waals surface area contributed by atoms with Crippen molar-refractivity contribution in [3.63, 3.8) is 0 Å². The molecule has 3 rings (SSSR count). The molecule has 0 bridgehead atoms. The van der Waals surface area contributed by atoms with Crippen molar-refractivity contribution in [2.24, 2.45) is 0 Å². The minimum Gasteiger partial charge on any atom is -0.497 e. The van der Waals surface area contributed by atoms with Gasteiger partial charge in [-0.3, -0.25) is 20.4 Å². The molecule has 2 N–H and O–H groups in total. The number of aryl methyl sites for hydroxylation is 1. The molecule has 0 aliphatic rings. The fraction of sp³-hybridized carbons (Fsp3) is 0.320. The van der Waals surface area contributed by atoms with Gasteiger partial charge in [-0.25, -0.2) is 4.79 Å². The molecule has 0 saturated carbocycles. The maximum atomic E-state index is 12.4. The Morgan fingerprint density at radius 1 is 1.00 bits per heavy atom. The number of rotatable bonds is 9. The van der Waals surface area contributed by atoms with E-state index in [9.17, 15) is 14.4 Å². The van der Waals surface area contributed by atoms with Gasteiger partial charge in [-0.15, -0.1) is 0 Å². The number of carbonyl (C=O) groups is 2. The minimum absolute atomic E-state index is 0.0132. The van der Waals surface area contributed by atoms with Crippen molar-refractivity contribution in [2.75, 3.05) is 20.8 Å². The predicted molar refractivity (Wildman–Crippen MR) is 126 cm³/mol. The van der Waals surface area contributed by atoms with Crippen LogP contribution in [-0.4, -0.2) is 32.6 Å². The predicted octanol–water partition coefficient (Wildman–Crippen LogP) is 3.30. The number of carbonyl (C=O) groups excluding carboxylic acids is 2. The van der Waals surface area contributed by atoms with Crippen LogP contribution in [0, 0.1) is 6.92 Å². The second-order valence-electron chi connectivity index (χ2n) is 7.57. The van der Waals surface area contributed by atoms with E-state index in [0.717, 1.165) is 17.4 Å². The van der Waals surface area contributed by atoms with Gasteiger partial charge in [0.15, 0.2) is 11.5 Å². The first-order valence-electron chi connectivity index (χ1n) is 10.9. The highest BCUT2D eigenvalue weighted by Crippen LogP contribution is 2.28.